The molecule has 4 nitrogen and oxygen atoms in total. The van der Waals surface area contributed by atoms with Gasteiger partial charge in [-0.3, -0.25) is 9.59 Å². The van der Waals surface area contributed by atoms with Gasteiger partial charge in [0.25, 0.3) is 0 Å². The number of amides is 2. The number of anilines is 1. The van der Waals surface area contributed by atoms with Gasteiger partial charge < -0.3 is 10.2 Å². The fourth-order valence-corrected chi connectivity index (χ4v) is 1.64. The summed E-state index contributed by atoms with van der Waals surface area (Å²) < 4.78 is 0. The van der Waals surface area contributed by atoms with Crippen LogP contribution in [0, 0.1) is 0 Å². The summed E-state index contributed by atoms with van der Waals surface area (Å²) in [5, 5.41) is 3.34. The van der Waals surface area contributed by atoms with Crippen LogP contribution in [0.3, 0.4) is 0 Å². The minimum absolute atomic E-state index is 0.00907. The van der Waals surface area contributed by atoms with E-state index in [1.165, 1.54) is 11.8 Å². The van der Waals surface area contributed by atoms with Crippen LogP contribution >= 0.6 is 11.6 Å². The number of carbonyl (C=O) groups excluding carboxylic acids is 2. The van der Waals surface area contributed by atoms with Gasteiger partial charge in [-0.25, -0.2) is 0 Å². The molecular weight excluding hydrogens is 252 g/mol. The van der Waals surface area contributed by atoms with Crippen molar-refractivity contribution in [3.05, 3.63) is 29.3 Å². The molecule has 0 aromatic heterocycles. The van der Waals surface area contributed by atoms with E-state index < -0.39 is 0 Å². The Hall–Kier alpha value is -1.55. The van der Waals surface area contributed by atoms with Crippen molar-refractivity contribution in [2.45, 2.75) is 26.8 Å². The standard InChI is InChI=1S/C13H17ClN2O2/c1-9(2)15-13(18)8-16(10(3)17)12-6-4-11(14)5-7-12/h4-7,9H,8H2,1-3H3,(H,15,18). The van der Waals surface area contributed by atoms with Gasteiger partial charge in [0, 0.05) is 23.7 Å². The molecule has 0 atom stereocenters. The highest BCUT2D eigenvalue weighted by Gasteiger charge is 2.15. The van der Waals surface area contributed by atoms with Gasteiger partial charge in [0.15, 0.2) is 0 Å². The number of benzene rings is 1. The first kappa shape index (κ1) is 14.5. The maximum absolute atomic E-state index is 11.7. The molecule has 0 saturated heterocycles. The number of hydrogen-bond donors (Lipinski definition) is 1. The van der Waals surface area contributed by atoms with Crippen LogP contribution in [0.2, 0.25) is 5.02 Å². The molecule has 5 heteroatoms. The molecule has 98 valence electrons. The van der Waals surface area contributed by atoms with Gasteiger partial charge in [0.1, 0.15) is 6.54 Å². The SMILES string of the molecule is CC(=O)N(CC(=O)NC(C)C)c1ccc(Cl)cc1. The molecule has 2 amide bonds. The Kier molecular flexibility index (Phi) is 5.16. The minimum atomic E-state index is -0.185. The number of hydrogen-bond acceptors (Lipinski definition) is 2. The van der Waals surface area contributed by atoms with E-state index in [2.05, 4.69) is 5.32 Å². The van der Waals surface area contributed by atoms with Crippen LogP contribution < -0.4 is 10.2 Å². The van der Waals surface area contributed by atoms with E-state index >= 15 is 0 Å². The lowest BCUT2D eigenvalue weighted by Crippen LogP contribution is -2.42. The Bertz CT molecular complexity index is 429. The Morgan fingerprint density at radius 1 is 1.28 bits per heavy atom. The number of carbonyl (C=O) groups is 2. The Morgan fingerprint density at radius 3 is 2.28 bits per heavy atom. The van der Waals surface area contributed by atoms with Gasteiger partial charge >= 0.3 is 0 Å². The average molecular weight is 269 g/mol. The molecule has 0 aliphatic rings. The Labute approximate surface area is 112 Å². The fraction of sp³-hybridized carbons (Fsp3) is 0.385. The van der Waals surface area contributed by atoms with Crippen LogP contribution in [0.1, 0.15) is 20.8 Å². The van der Waals surface area contributed by atoms with E-state index in [4.69, 9.17) is 11.6 Å². The molecule has 0 bridgehead atoms. The molecule has 1 aromatic rings. The van der Waals surface area contributed by atoms with Crippen molar-refractivity contribution >= 4 is 29.1 Å². The van der Waals surface area contributed by atoms with Gasteiger partial charge in [-0.15, -0.1) is 0 Å². The normalized spacial score (nSPS) is 10.3. The summed E-state index contributed by atoms with van der Waals surface area (Å²) in [5.41, 5.74) is 0.658. The highest BCUT2D eigenvalue weighted by molar-refractivity contribution is 6.30. The second-order valence-corrected chi connectivity index (χ2v) is 4.74. The average Bonchev–Trinajstić information content (AvgIpc) is 2.26. The zero-order chi connectivity index (χ0) is 13.7. The van der Waals surface area contributed by atoms with E-state index in [1.807, 2.05) is 13.8 Å². The number of nitrogens with one attached hydrogen (secondary N) is 1. The molecule has 1 aromatic carbocycles. The Morgan fingerprint density at radius 2 is 1.83 bits per heavy atom. The summed E-state index contributed by atoms with van der Waals surface area (Å²) in [5.74, 6) is -0.369. The highest BCUT2D eigenvalue weighted by Crippen LogP contribution is 2.17. The minimum Gasteiger partial charge on any atom is -0.352 e. The lowest BCUT2D eigenvalue weighted by molar-refractivity contribution is -0.123. The molecule has 0 saturated carbocycles. The highest BCUT2D eigenvalue weighted by atomic mass is 35.5. The molecule has 0 aliphatic heterocycles. The monoisotopic (exact) mass is 268 g/mol. The number of halogens is 1. The lowest BCUT2D eigenvalue weighted by atomic mass is 10.2. The number of nitrogens with zero attached hydrogens (tertiary/aromatic N) is 1. The second kappa shape index (κ2) is 6.40. The molecule has 1 rings (SSSR count). The summed E-state index contributed by atoms with van der Waals surface area (Å²) in [6, 6.07) is 6.86. The van der Waals surface area contributed by atoms with E-state index in [0.29, 0.717) is 10.7 Å². The van der Waals surface area contributed by atoms with E-state index in [1.54, 1.807) is 24.3 Å². The largest absolute Gasteiger partial charge is 0.352 e. The van der Waals surface area contributed by atoms with Crippen molar-refractivity contribution < 1.29 is 9.59 Å². The van der Waals surface area contributed by atoms with Crippen LogP contribution in [0.5, 0.6) is 0 Å². The summed E-state index contributed by atoms with van der Waals surface area (Å²) in [7, 11) is 0. The van der Waals surface area contributed by atoms with Crippen molar-refractivity contribution in [1.29, 1.82) is 0 Å². The zero-order valence-electron chi connectivity index (χ0n) is 10.7. The first-order valence-electron chi connectivity index (χ1n) is 5.73. The molecule has 1 N–H and O–H groups in total. The summed E-state index contributed by atoms with van der Waals surface area (Å²) in [6.45, 7) is 5.18. The van der Waals surface area contributed by atoms with Crippen molar-refractivity contribution in [1.82, 2.24) is 5.32 Å². The summed E-state index contributed by atoms with van der Waals surface area (Å²) >= 11 is 5.79. The predicted molar refractivity (Wildman–Crippen MR) is 72.8 cm³/mol. The quantitative estimate of drug-likeness (QED) is 0.910. The molecule has 0 spiro atoms. The predicted octanol–water partition coefficient (Wildman–Crippen LogP) is 2.22. The molecule has 0 radical (unpaired) electrons. The molecule has 0 aliphatic carbocycles. The van der Waals surface area contributed by atoms with Crippen molar-refractivity contribution in [2.75, 3.05) is 11.4 Å². The van der Waals surface area contributed by atoms with Gasteiger partial charge in [0.05, 0.1) is 0 Å². The van der Waals surface area contributed by atoms with Crippen LogP contribution in [-0.2, 0) is 9.59 Å². The van der Waals surface area contributed by atoms with Gasteiger partial charge in [-0.1, -0.05) is 11.6 Å². The molecule has 0 fully saturated rings. The third kappa shape index (κ3) is 4.37. The summed E-state index contributed by atoms with van der Waals surface area (Å²) in [6.07, 6.45) is 0. The maximum Gasteiger partial charge on any atom is 0.240 e. The van der Waals surface area contributed by atoms with E-state index in [-0.39, 0.29) is 24.4 Å². The van der Waals surface area contributed by atoms with E-state index in [9.17, 15) is 9.59 Å². The number of rotatable bonds is 4. The van der Waals surface area contributed by atoms with Crippen LogP contribution in [0.4, 0.5) is 5.69 Å². The van der Waals surface area contributed by atoms with Crippen LogP contribution in [0.25, 0.3) is 0 Å². The topological polar surface area (TPSA) is 49.4 Å². The maximum atomic E-state index is 11.7. The first-order valence-corrected chi connectivity index (χ1v) is 6.11. The molecular formula is C13H17ClN2O2. The second-order valence-electron chi connectivity index (χ2n) is 4.30. The Balaban J connectivity index is 2.80. The lowest BCUT2D eigenvalue weighted by Gasteiger charge is -2.21. The van der Waals surface area contributed by atoms with Gasteiger partial charge in [-0.2, -0.15) is 0 Å². The third-order valence-electron chi connectivity index (χ3n) is 2.27. The molecule has 0 heterocycles. The zero-order valence-corrected chi connectivity index (χ0v) is 11.5. The summed E-state index contributed by atoms with van der Waals surface area (Å²) in [4.78, 5) is 24.7. The fourth-order valence-electron chi connectivity index (χ4n) is 1.52. The van der Waals surface area contributed by atoms with Crippen molar-refractivity contribution in [3.63, 3.8) is 0 Å². The molecule has 18 heavy (non-hydrogen) atoms. The van der Waals surface area contributed by atoms with Crippen molar-refractivity contribution in [3.8, 4) is 0 Å². The van der Waals surface area contributed by atoms with Crippen LogP contribution in [0.15, 0.2) is 24.3 Å². The van der Waals surface area contributed by atoms with E-state index in [0.717, 1.165) is 0 Å². The van der Waals surface area contributed by atoms with Gasteiger partial charge in [0.2, 0.25) is 11.8 Å². The van der Waals surface area contributed by atoms with Crippen molar-refractivity contribution in [2.24, 2.45) is 0 Å². The molecule has 0 unspecified atom stereocenters. The van der Waals surface area contributed by atoms with Crippen LogP contribution in [-0.4, -0.2) is 24.4 Å². The smallest absolute Gasteiger partial charge is 0.240 e. The third-order valence-corrected chi connectivity index (χ3v) is 2.52. The van der Waals surface area contributed by atoms with Gasteiger partial charge in [-0.05, 0) is 38.1 Å². The first-order chi connectivity index (χ1) is 8.40.